The number of allylic oxidation sites excluding steroid dienone is 2. The Kier molecular flexibility index (Phi) is 14.9. The fourth-order valence-electron chi connectivity index (χ4n) is 1.95. The molecule has 0 aliphatic heterocycles. The van der Waals surface area contributed by atoms with Crippen molar-refractivity contribution in [2.24, 2.45) is 0 Å². The first-order valence-electron chi connectivity index (χ1n) is 8.55. The summed E-state index contributed by atoms with van der Waals surface area (Å²) in [5, 5.41) is 10.0. The first-order valence-corrected chi connectivity index (χ1v) is 9.95. The van der Waals surface area contributed by atoms with Gasteiger partial charge in [0.1, 0.15) is 12.6 Å². The molecule has 0 saturated carbocycles. The molecular formula is C17H32NO7P. The molecule has 1 rings (SSSR count). The van der Waals surface area contributed by atoms with Gasteiger partial charge >= 0.3 is 12.1 Å². The minimum Gasteiger partial charge on any atom is -0.467 e. The normalized spacial score (nSPS) is 15.0. The number of esters is 1. The van der Waals surface area contributed by atoms with Crippen molar-refractivity contribution in [3.05, 3.63) is 23.8 Å². The smallest absolute Gasteiger partial charge is 0.408 e. The molecule has 0 aromatic rings. The van der Waals surface area contributed by atoms with Crippen LogP contribution in [0.3, 0.4) is 0 Å². The summed E-state index contributed by atoms with van der Waals surface area (Å²) >= 11 is 0. The van der Waals surface area contributed by atoms with Crippen LogP contribution in [-0.4, -0.2) is 61.2 Å². The summed E-state index contributed by atoms with van der Waals surface area (Å²) < 4.78 is 14.8. The maximum absolute atomic E-state index is 11.8. The highest BCUT2D eigenvalue weighted by atomic mass is 31.2. The van der Waals surface area contributed by atoms with Gasteiger partial charge in [0, 0.05) is 14.2 Å². The van der Waals surface area contributed by atoms with E-state index in [9.17, 15) is 14.5 Å². The second kappa shape index (κ2) is 15.8. The van der Waals surface area contributed by atoms with E-state index in [2.05, 4.69) is 10.1 Å². The summed E-state index contributed by atoms with van der Waals surface area (Å²) in [6.45, 7) is 4.25. The number of ether oxygens (including phenoxy) is 2. The van der Waals surface area contributed by atoms with Gasteiger partial charge in [0.25, 0.3) is 0 Å². The van der Waals surface area contributed by atoms with Crippen molar-refractivity contribution in [3.8, 4) is 0 Å². The highest BCUT2D eigenvalue weighted by Crippen LogP contribution is 2.32. The fraction of sp³-hybridized carbons (Fsp3) is 0.647. The zero-order valence-corrected chi connectivity index (χ0v) is 16.5. The van der Waals surface area contributed by atoms with Crippen LogP contribution in [0.4, 0.5) is 4.79 Å². The number of aliphatic hydroxyl groups is 1. The number of nitrogens with one attached hydrogen (secondary N) is 1. The van der Waals surface area contributed by atoms with Gasteiger partial charge in [0.15, 0.2) is 8.38 Å². The van der Waals surface area contributed by atoms with Crippen LogP contribution in [0.15, 0.2) is 23.8 Å². The van der Waals surface area contributed by atoms with Crippen molar-refractivity contribution in [2.75, 3.05) is 33.1 Å². The minimum absolute atomic E-state index is 0. The average molecular weight is 393 g/mol. The molecule has 0 spiro atoms. The highest BCUT2D eigenvalue weighted by molar-refractivity contribution is 7.46. The Hall–Kier alpha value is -1.47. The number of rotatable bonds is 9. The molecule has 8 nitrogen and oxygen atoms in total. The third-order valence-electron chi connectivity index (χ3n) is 3.11. The Morgan fingerprint density at radius 2 is 2.08 bits per heavy atom. The van der Waals surface area contributed by atoms with Gasteiger partial charge < -0.3 is 29.3 Å². The van der Waals surface area contributed by atoms with Crippen LogP contribution in [0.25, 0.3) is 0 Å². The summed E-state index contributed by atoms with van der Waals surface area (Å²) in [5.74, 6) is -0.585. The lowest BCUT2D eigenvalue weighted by Crippen LogP contribution is -2.42. The number of carbonyl (C=O) groups excluding carboxylic acids is 2. The summed E-state index contributed by atoms with van der Waals surface area (Å²) in [5.41, 5.74) is 0.927. The molecule has 0 aromatic heterocycles. The third-order valence-corrected chi connectivity index (χ3v) is 4.30. The molecule has 0 bridgehead atoms. The second-order valence-corrected chi connectivity index (χ2v) is 6.56. The molecule has 0 fully saturated rings. The maximum atomic E-state index is 11.8. The lowest BCUT2D eigenvalue weighted by Gasteiger charge is -2.18. The van der Waals surface area contributed by atoms with E-state index in [-0.39, 0.29) is 27.2 Å². The third kappa shape index (κ3) is 12.0. The largest absolute Gasteiger partial charge is 0.467 e. The summed E-state index contributed by atoms with van der Waals surface area (Å²) in [4.78, 5) is 33.1. The quantitative estimate of drug-likeness (QED) is 0.407. The zero-order valence-electron chi connectivity index (χ0n) is 15.6. The second-order valence-electron chi connectivity index (χ2n) is 5.15. The van der Waals surface area contributed by atoms with Crippen molar-refractivity contribution >= 4 is 20.4 Å². The molecule has 9 heteroatoms. The van der Waals surface area contributed by atoms with Gasteiger partial charge in [-0.1, -0.05) is 18.2 Å². The Balaban J connectivity index is 0. The number of aliphatic hydroxyl groups excluding tert-OH is 1. The SMILES string of the molecule is CCO.CCOP(O)CCC(NC(=O)OCC1=CCCC=C1)C(=O)OC.[HH]. The lowest BCUT2D eigenvalue weighted by molar-refractivity contribution is -0.143. The highest BCUT2D eigenvalue weighted by Gasteiger charge is 2.23. The predicted molar refractivity (Wildman–Crippen MR) is 102 cm³/mol. The van der Waals surface area contributed by atoms with E-state index in [1.165, 1.54) is 7.11 Å². The fourth-order valence-corrected chi connectivity index (χ4v) is 2.86. The van der Waals surface area contributed by atoms with E-state index in [1.54, 1.807) is 13.8 Å². The van der Waals surface area contributed by atoms with Gasteiger partial charge in [-0.2, -0.15) is 0 Å². The van der Waals surface area contributed by atoms with Gasteiger partial charge in [-0.15, -0.1) is 0 Å². The Morgan fingerprint density at radius 3 is 2.62 bits per heavy atom. The first-order chi connectivity index (χ1) is 12.5. The molecule has 2 atom stereocenters. The van der Waals surface area contributed by atoms with Crippen LogP contribution >= 0.6 is 8.38 Å². The zero-order chi connectivity index (χ0) is 19.8. The van der Waals surface area contributed by atoms with Crippen LogP contribution in [0.1, 0.15) is 34.5 Å². The van der Waals surface area contributed by atoms with Gasteiger partial charge in [0.2, 0.25) is 0 Å². The van der Waals surface area contributed by atoms with Crippen LogP contribution in [-0.2, 0) is 18.8 Å². The van der Waals surface area contributed by atoms with E-state index >= 15 is 0 Å². The van der Waals surface area contributed by atoms with Crippen molar-refractivity contribution < 1.29 is 35.0 Å². The molecular weight excluding hydrogens is 361 g/mol. The van der Waals surface area contributed by atoms with E-state index in [0.717, 1.165) is 18.4 Å². The topological polar surface area (TPSA) is 114 Å². The van der Waals surface area contributed by atoms with E-state index in [4.69, 9.17) is 14.4 Å². The van der Waals surface area contributed by atoms with Crippen LogP contribution in [0.5, 0.6) is 0 Å². The van der Waals surface area contributed by atoms with Crippen molar-refractivity contribution in [2.45, 2.75) is 39.2 Å². The number of carbonyl (C=O) groups is 2. The molecule has 0 radical (unpaired) electrons. The van der Waals surface area contributed by atoms with Crippen molar-refractivity contribution in [1.82, 2.24) is 5.32 Å². The predicted octanol–water partition coefficient (Wildman–Crippen LogP) is 2.51. The molecule has 0 saturated heterocycles. The summed E-state index contributed by atoms with van der Waals surface area (Å²) in [7, 11) is -0.364. The Labute approximate surface area is 157 Å². The van der Waals surface area contributed by atoms with Crippen LogP contribution < -0.4 is 5.32 Å². The molecule has 1 amide bonds. The van der Waals surface area contributed by atoms with Crippen molar-refractivity contribution in [1.29, 1.82) is 0 Å². The molecule has 3 N–H and O–H groups in total. The lowest BCUT2D eigenvalue weighted by atomic mass is 10.1. The van der Waals surface area contributed by atoms with E-state index in [1.807, 2.05) is 18.2 Å². The number of hydrogen-bond acceptors (Lipinski definition) is 7. The first kappa shape index (κ1) is 24.5. The van der Waals surface area contributed by atoms with Crippen LogP contribution in [0, 0.1) is 0 Å². The van der Waals surface area contributed by atoms with Gasteiger partial charge in [-0.3, -0.25) is 0 Å². The molecule has 152 valence electrons. The summed E-state index contributed by atoms with van der Waals surface area (Å²) in [6.07, 6.45) is 7.64. The van der Waals surface area contributed by atoms with Gasteiger partial charge in [0.05, 0.1) is 13.7 Å². The van der Waals surface area contributed by atoms with E-state index < -0.39 is 26.5 Å². The van der Waals surface area contributed by atoms with E-state index in [0.29, 0.717) is 6.61 Å². The number of methoxy groups -OCH3 is 1. The van der Waals surface area contributed by atoms with Gasteiger partial charge in [-0.25, -0.2) is 9.59 Å². The molecule has 26 heavy (non-hydrogen) atoms. The monoisotopic (exact) mass is 393 g/mol. The molecule has 0 aromatic carbocycles. The number of amides is 1. The van der Waals surface area contributed by atoms with Gasteiger partial charge in [-0.05, 0) is 38.7 Å². The van der Waals surface area contributed by atoms with Crippen molar-refractivity contribution in [3.63, 3.8) is 0 Å². The average Bonchev–Trinajstić information content (AvgIpc) is 2.64. The Morgan fingerprint density at radius 1 is 1.38 bits per heavy atom. The maximum Gasteiger partial charge on any atom is 0.408 e. The van der Waals surface area contributed by atoms with Crippen LogP contribution in [0.2, 0.25) is 0 Å². The number of hydrogen-bond donors (Lipinski definition) is 3. The minimum atomic E-state index is -1.60. The molecule has 0 heterocycles. The Bertz CT molecular complexity index is 474. The standard InChI is InChI=1S/C15H24NO6P.C2H6O.H2/c1-3-22-23(19)10-9-13(14(17)20-2)16-15(18)21-11-12-7-5-4-6-8-12;1-2-3;/h5,7-8,13,19H,3-4,6,9-11H2,1-2H3,(H,16,18);3H,2H2,1H3;1H. The summed E-state index contributed by atoms with van der Waals surface area (Å²) in [6, 6.07) is -0.874. The molecule has 1 aliphatic carbocycles. The number of alkyl carbamates (subject to hydrolysis) is 1. The molecule has 1 aliphatic rings. The molecule has 2 unspecified atom stereocenters.